The number of aryl methyl sites for hydroxylation is 1. The molecule has 0 heterocycles. The Labute approximate surface area is 160 Å². The minimum atomic E-state index is -0.926. The van der Waals surface area contributed by atoms with Crippen molar-refractivity contribution in [2.75, 3.05) is 11.9 Å². The lowest BCUT2D eigenvalue weighted by Crippen LogP contribution is -2.29. The van der Waals surface area contributed by atoms with Crippen molar-refractivity contribution in [2.45, 2.75) is 20.0 Å². The van der Waals surface area contributed by atoms with Crippen molar-refractivity contribution < 1.29 is 24.0 Å². The third kappa shape index (κ3) is 5.96. The molecule has 0 aliphatic rings. The van der Waals surface area contributed by atoms with Gasteiger partial charge in [-0.15, -0.1) is 0 Å². The van der Waals surface area contributed by atoms with Crippen LogP contribution in [0, 0.1) is 17.0 Å². The van der Waals surface area contributed by atoms with Gasteiger partial charge in [0, 0.05) is 11.1 Å². The van der Waals surface area contributed by atoms with E-state index in [1.807, 2.05) is 13.0 Å². The van der Waals surface area contributed by atoms with Gasteiger partial charge in [0.15, 0.2) is 12.7 Å². The maximum Gasteiger partial charge on any atom is 0.347 e. The van der Waals surface area contributed by atoms with Crippen LogP contribution in [0.4, 0.5) is 11.4 Å². The Hall–Kier alpha value is -3.13. The summed E-state index contributed by atoms with van der Waals surface area (Å²) in [6.07, 6.45) is -0.926. The molecular weight excluding hydrogens is 376 g/mol. The zero-order valence-electron chi connectivity index (χ0n) is 14.6. The molecule has 27 heavy (non-hydrogen) atoms. The SMILES string of the molecule is Cc1cccc(O[C@@H](C)C(=O)OCC(=O)Nc2ccc(Cl)cc2[N+](=O)[O-])c1. The summed E-state index contributed by atoms with van der Waals surface area (Å²) in [4.78, 5) is 34.2. The van der Waals surface area contributed by atoms with Gasteiger partial charge in [0.05, 0.1) is 4.92 Å². The molecule has 0 aliphatic carbocycles. The Kier molecular flexibility index (Phi) is 6.73. The molecule has 2 aromatic carbocycles. The zero-order valence-corrected chi connectivity index (χ0v) is 15.4. The lowest BCUT2D eigenvalue weighted by atomic mass is 10.2. The Balaban J connectivity index is 1.89. The van der Waals surface area contributed by atoms with E-state index in [1.165, 1.54) is 19.1 Å². The van der Waals surface area contributed by atoms with E-state index in [1.54, 1.807) is 18.2 Å². The lowest BCUT2D eigenvalue weighted by Gasteiger charge is -2.14. The molecule has 2 rings (SSSR count). The van der Waals surface area contributed by atoms with Crippen LogP contribution in [0.3, 0.4) is 0 Å². The standard InChI is InChI=1S/C18H17ClN2O6/c1-11-4-3-5-14(8-11)27-12(2)18(23)26-10-17(22)20-15-7-6-13(19)9-16(15)21(24)25/h3-9,12H,10H2,1-2H3,(H,20,22)/t12-/m0/s1. The van der Waals surface area contributed by atoms with Crippen LogP contribution in [0.2, 0.25) is 5.02 Å². The molecular formula is C18H17ClN2O6. The number of nitrogens with zero attached hydrogens (tertiary/aromatic N) is 1. The van der Waals surface area contributed by atoms with Crippen LogP contribution in [0.1, 0.15) is 12.5 Å². The predicted molar refractivity (Wildman–Crippen MR) is 99.0 cm³/mol. The molecule has 9 heteroatoms. The lowest BCUT2D eigenvalue weighted by molar-refractivity contribution is -0.383. The smallest absolute Gasteiger partial charge is 0.347 e. The van der Waals surface area contributed by atoms with Crippen molar-refractivity contribution in [3.8, 4) is 5.75 Å². The summed E-state index contributed by atoms with van der Waals surface area (Å²) < 4.78 is 10.4. The summed E-state index contributed by atoms with van der Waals surface area (Å²) in [7, 11) is 0. The number of carbonyl (C=O) groups is 2. The quantitative estimate of drug-likeness (QED) is 0.439. The molecule has 1 N–H and O–H groups in total. The summed E-state index contributed by atoms with van der Waals surface area (Å²) >= 11 is 5.71. The first-order valence-electron chi connectivity index (χ1n) is 7.90. The first kappa shape index (κ1) is 20.2. The fraction of sp³-hybridized carbons (Fsp3) is 0.222. The van der Waals surface area contributed by atoms with Crippen LogP contribution < -0.4 is 10.1 Å². The summed E-state index contributed by atoms with van der Waals surface area (Å²) in [5, 5.41) is 13.5. The predicted octanol–water partition coefficient (Wildman–Crippen LogP) is 3.51. The van der Waals surface area contributed by atoms with E-state index in [-0.39, 0.29) is 16.4 Å². The molecule has 8 nitrogen and oxygen atoms in total. The number of rotatable bonds is 7. The van der Waals surface area contributed by atoms with Gasteiger partial charge >= 0.3 is 5.97 Å². The second-order valence-corrected chi connectivity index (χ2v) is 6.09. The average Bonchev–Trinajstić information content (AvgIpc) is 2.61. The number of esters is 1. The average molecular weight is 393 g/mol. The molecule has 0 radical (unpaired) electrons. The maximum atomic E-state index is 12.0. The van der Waals surface area contributed by atoms with E-state index in [9.17, 15) is 19.7 Å². The molecule has 0 fully saturated rings. The van der Waals surface area contributed by atoms with Crippen LogP contribution in [0.25, 0.3) is 0 Å². The van der Waals surface area contributed by atoms with Crippen molar-refractivity contribution in [1.82, 2.24) is 0 Å². The van der Waals surface area contributed by atoms with Crippen LogP contribution in [0.15, 0.2) is 42.5 Å². The first-order valence-corrected chi connectivity index (χ1v) is 8.28. The van der Waals surface area contributed by atoms with Gasteiger partial charge in [-0.1, -0.05) is 23.7 Å². The normalized spacial score (nSPS) is 11.4. The van der Waals surface area contributed by atoms with E-state index < -0.39 is 29.5 Å². The monoisotopic (exact) mass is 392 g/mol. The minimum absolute atomic E-state index is 0.0468. The molecule has 0 saturated heterocycles. The molecule has 0 spiro atoms. The first-order chi connectivity index (χ1) is 12.8. The van der Waals surface area contributed by atoms with Gasteiger partial charge in [0.25, 0.3) is 11.6 Å². The zero-order chi connectivity index (χ0) is 20.0. The fourth-order valence-electron chi connectivity index (χ4n) is 2.14. The van der Waals surface area contributed by atoms with E-state index in [2.05, 4.69) is 5.32 Å². The van der Waals surface area contributed by atoms with Gasteiger partial charge in [-0.3, -0.25) is 14.9 Å². The molecule has 1 amide bonds. The van der Waals surface area contributed by atoms with Crippen molar-refractivity contribution in [3.63, 3.8) is 0 Å². The molecule has 0 unspecified atom stereocenters. The summed E-state index contributed by atoms with van der Waals surface area (Å²) in [5.74, 6) is -0.963. The third-order valence-corrected chi connectivity index (χ3v) is 3.65. The van der Waals surface area contributed by atoms with Gasteiger partial charge in [0.2, 0.25) is 0 Å². The van der Waals surface area contributed by atoms with E-state index in [4.69, 9.17) is 21.1 Å². The highest BCUT2D eigenvalue weighted by Crippen LogP contribution is 2.27. The number of amides is 1. The van der Waals surface area contributed by atoms with Crippen LogP contribution in [0.5, 0.6) is 5.75 Å². The molecule has 0 aromatic heterocycles. The number of nitrogens with one attached hydrogen (secondary N) is 1. The number of benzene rings is 2. The van der Waals surface area contributed by atoms with E-state index in [0.717, 1.165) is 11.6 Å². The summed E-state index contributed by atoms with van der Waals surface area (Å²) in [6.45, 7) is 2.77. The third-order valence-electron chi connectivity index (χ3n) is 3.41. The topological polar surface area (TPSA) is 108 Å². The Morgan fingerprint density at radius 3 is 2.67 bits per heavy atom. The van der Waals surface area contributed by atoms with E-state index in [0.29, 0.717) is 5.75 Å². The molecule has 0 aliphatic heterocycles. The van der Waals surface area contributed by atoms with Gasteiger partial charge in [0.1, 0.15) is 11.4 Å². The highest BCUT2D eigenvalue weighted by Gasteiger charge is 2.20. The van der Waals surface area contributed by atoms with Gasteiger partial charge in [-0.05, 0) is 43.7 Å². The number of nitro benzene ring substituents is 1. The Morgan fingerprint density at radius 1 is 1.26 bits per heavy atom. The molecule has 142 valence electrons. The maximum absolute atomic E-state index is 12.0. The van der Waals surface area contributed by atoms with Crippen molar-refractivity contribution in [1.29, 1.82) is 0 Å². The van der Waals surface area contributed by atoms with Crippen molar-refractivity contribution in [2.24, 2.45) is 0 Å². The van der Waals surface area contributed by atoms with Crippen molar-refractivity contribution in [3.05, 3.63) is 63.2 Å². The number of hydrogen-bond acceptors (Lipinski definition) is 6. The van der Waals surface area contributed by atoms with E-state index >= 15 is 0 Å². The van der Waals surface area contributed by atoms with Crippen LogP contribution >= 0.6 is 11.6 Å². The summed E-state index contributed by atoms with van der Waals surface area (Å²) in [6, 6.07) is 10.9. The second-order valence-electron chi connectivity index (χ2n) is 5.65. The van der Waals surface area contributed by atoms with Crippen LogP contribution in [-0.4, -0.2) is 29.5 Å². The Bertz CT molecular complexity index is 871. The number of anilines is 1. The Morgan fingerprint density at radius 2 is 2.00 bits per heavy atom. The fourth-order valence-corrected chi connectivity index (χ4v) is 2.31. The number of nitro groups is 1. The van der Waals surface area contributed by atoms with Gasteiger partial charge in [-0.2, -0.15) is 0 Å². The molecule has 0 saturated carbocycles. The number of hydrogen-bond donors (Lipinski definition) is 1. The van der Waals surface area contributed by atoms with Gasteiger partial charge in [-0.25, -0.2) is 4.79 Å². The van der Waals surface area contributed by atoms with Crippen LogP contribution in [-0.2, 0) is 14.3 Å². The molecule has 1 atom stereocenters. The molecule has 0 bridgehead atoms. The second kappa shape index (κ2) is 9.00. The largest absolute Gasteiger partial charge is 0.479 e. The number of ether oxygens (including phenoxy) is 2. The summed E-state index contributed by atoms with van der Waals surface area (Å²) in [5.41, 5.74) is 0.560. The number of carbonyl (C=O) groups excluding carboxylic acids is 2. The highest BCUT2D eigenvalue weighted by molar-refractivity contribution is 6.31. The van der Waals surface area contributed by atoms with Gasteiger partial charge < -0.3 is 14.8 Å². The number of halogens is 1. The highest BCUT2D eigenvalue weighted by atomic mass is 35.5. The minimum Gasteiger partial charge on any atom is -0.479 e. The van der Waals surface area contributed by atoms with Crippen molar-refractivity contribution >= 4 is 34.9 Å². The molecule has 2 aromatic rings.